The van der Waals surface area contributed by atoms with Crippen LogP contribution in [-0.2, 0) is 0 Å². The normalized spacial score (nSPS) is 13.2. The zero-order valence-corrected chi connectivity index (χ0v) is 10.8. The maximum absolute atomic E-state index is 5.77. The molecule has 1 atom stereocenters. The van der Waals surface area contributed by atoms with Gasteiger partial charge in [0.05, 0.1) is 0 Å². The number of hydrogen-bond acceptors (Lipinski definition) is 4. The third-order valence-electron chi connectivity index (χ3n) is 2.23. The van der Waals surface area contributed by atoms with Crippen molar-refractivity contribution in [3.63, 3.8) is 0 Å². The van der Waals surface area contributed by atoms with Crippen LogP contribution in [0.25, 0.3) is 5.65 Å². The molecule has 2 aromatic rings. The fourth-order valence-electron chi connectivity index (χ4n) is 1.29. The van der Waals surface area contributed by atoms with E-state index in [4.69, 9.17) is 11.6 Å². The largest absolute Gasteiger partial charge is 0.283 e. The van der Waals surface area contributed by atoms with Gasteiger partial charge in [0.25, 0.3) is 0 Å². The number of rotatable bonds is 4. The van der Waals surface area contributed by atoms with Gasteiger partial charge in [-0.1, -0.05) is 6.92 Å². The first-order valence-corrected chi connectivity index (χ1v) is 6.59. The van der Waals surface area contributed by atoms with Crippen molar-refractivity contribution in [2.45, 2.75) is 18.9 Å². The highest BCUT2D eigenvalue weighted by Gasteiger charge is 2.09. The molecular weight excluding hydrogens is 244 g/mol. The predicted octanol–water partition coefficient (Wildman–Crippen LogP) is 2.40. The molecule has 0 aliphatic carbocycles. The first-order valence-electron chi connectivity index (χ1n) is 5.07. The third kappa shape index (κ3) is 2.30. The van der Waals surface area contributed by atoms with Gasteiger partial charge in [-0.3, -0.25) is 4.40 Å². The van der Waals surface area contributed by atoms with Gasteiger partial charge in [-0.05, 0) is 12.8 Å². The average molecular weight is 257 g/mol. The Labute approximate surface area is 103 Å². The lowest BCUT2D eigenvalue weighted by Crippen LogP contribution is -2.00. The highest BCUT2D eigenvalue weighted by molar-refractivity contribution is 7.99. The van der Waals surface area contributed by atoms with Crippen LogP contribution in [0.5, 0.6) is 0 Å². The van der Waals surface area contributed by atoms with E-state index in [2.05, 4.69) is 22.1 Å². The molecule has 0 radical (unpaired) electrons. The molecule has 0 N–H and O–H groups in total. The van der Waals surface area contributed by atoms with Crippen LogP contribution in [0.2, 0.25) is 0 Å². The Bertz CT molecular complexity index is 485. The Hall–Kier alpha value is -0.810. The number of thioether (sulfide) groups is 1. The van der Waals surface area contributed by atoms with E-state index >= 15 is 0 Å². The van der Waals surface area contributed by atoms with Gasteiger partial charge in [0.15, 0.2) is 5.65 Å². The van der Waals surface area contributed by atoms with Crippen LogP contribution in [0.3, 0.4) is 0 Å². The molecule has 0 aliphatic rings. The fraction of sp³-hybridized carbons (Fsp3) is 0.500. The van der Waals surface area contributed by atoms with E-state index in [0.717, 1.165) is 22.3 Å². The summed E-state index contributed by atoms with van der Waals surface area (Å²) in [7, 11) is 0. The maximum Gasteiger partial charge on any atom is 0.193 e. The molecule has 16 heavy (non-hydrogen) atoms. The molecule has 86 valence electrons. The van der Waals surface area contributed by atoms with Crippen LogP contribution in [0.1, 0.15) is 12.7 Å². The number of halogens is 1. The highest BCUT2D eigenvalue weighted by atomic mass is 35.5. The van der Waals surface area contributed by atoms with Crippen LogP contribution in [0.15, 0.2) is 17.4 Å². The molecule has 0 amide bonds. The van der Waals surface area contributed by atoms with Gasteiger partial charge in [-0.2, -0.15) is 0 Å². The number of aryl methyl sites for hydroxylation is 1. The molecule has 2 rings (SSSR count). The van der Waals surface area contributed by atoms with Crippen molar-refractivity contribution in [1.82, 2.24) is 19.6 Å². The molecule has 0 bridgehead atoms. The van der Waals surface area contributed by atoms with Crippen molar-refractivity contribution >= 4 is 29.0 Å². The molecule has 2 heterocycles. The van der Waals surface area contributed by atoms with Crippen molar-refractivity contribution in [2.75, 3.05) is 11.6 Å². The molecule has 0 saturated heterocycles. The fourth-order valence-corrected chi connectivity index (χ4v) is 2.49. The SMILES string of the molecule is Cc1nnc2c(SCC(C)CCl)nccn12. The second-order valence-corrected chi connectivity index (χ2v) is 5.06. The van der Waals surface area contributed by atoms with Gasteiger partial charge < -0.3 is 0 Å². The first kappa shape index (κ1) is 11.7. The maximum atomic E-state index is 5.77. The Balaban J connectivity index is 2.24. The highest BCUT2D eigenvalue weighted by Crippen LogP contribution is 2.22. The molecule has 0 fully saturated rings. The van der Waals surface area contributed by atoms with Crippen molar-refractivity contribution in [3.8, 4) is 0 Å². The molecule has 2 aromatic heterocycles. The van der Waals surface area contributed by atoms with Gasteiger partial charge >= 0.3 is 0 Å². The van der Waals surface area contributed by atoms with E-state index in [1.807, 2.05) is 17.5 Å². The monoisotopic (exact) mass is 256 g/mol. The topological polar surface area (TPSA) is 43.1 Å². The standard InChI is InChI=1S/C10H13ClN4S/c1-7(5-11)6-16-10-9-14-13-8(2)15(9)4-3-12-10/h3-4,7H,5-6H2,1-2H3. The van der Waals surface area contributed by atoms with E-state index in [1.54, 1.807) is 18.0 Å². The Kier molecular flexibility index (Phi) is 3.66. The molecule has 0 saturated carbocycles. The van der Waals surface area contributed by atoms with Gasteiger partial charge in [0, 0.05) is 24.0 Å². The van der Waals surface area contributed by atoms with Crippen molar-refractivity contribution < 1.29 is 0 Å². The van der Waals surface area contributed by atoms with E-state index in [0.29, 0.717) is 11.8 Å². The predicted molar refractivity (Wildman–Crippen MR) is 66.1 cm³/mol. The van der Waals surface area contributed by atoms with Gasteiger partial charge in [0.2, 0.25) is 0 Å². The summed E-state index contributed by atoms with van der Waals surface area (Å²) in [4.78, 5) is 4.32. The summed E-state index contributed by atoms with van der Waals surface area (Å²) in [5, 5.41) is 9.07. The number of hydrogen-bond donors (Lipinski definition) is 0. The summed E-state index contributed by atoms with van der Waals surface area (Å²) in [6.07, 6.45) is 3.65. The second-order valence-electron chi connectivity index (χ2n) is 3.74. The number of alkyl halides is 1. The summed E-state index contributed by atoms with van der Waals surface area (Å²) >= 11 is 7.45. The number of aromatic nitrogens is 4. The van der Waals surface area contributed by atoms with Gasteiger partial charge in [0.1, 0.15) is 10.9 Å². The molecule has 1 unspecified atom stereocenters. The minimum absolute atomic E-state index is 0.470. The summed E-state index contributed by atoms with van der Waals surface area (Å²) < 4.78 is 1.95. The Morgan fingerprint density at radius 1 is 1.50 bits per heavy atom. The second kappa shape index (κ2) is 5.01. The van der Waals surface area contributed by atoms with E-state index in [9.17, 15) is 0 Å². The summed E-state index contributed by atoms with van der Waals surface area (Å²) in [6.45, 7) is 4.05. The summed E-state index contributed by atoms with van der Waals surface area (Å²) in [5.41, 5.74) is 0.826. The van der Waals surface area contributed by atoms with Gasteiger partial charge in [-0.25, -0.2) is 4.98 Å². The number of fused-ring (bicyclic) bond motifs is 1. The lowest BCUT2D eigenvalue weighted by molar-refractivity contribution is 0.758. The van der Waals surface area contributed by atoms with E-state index < -0.39 is 0 Å². The van der Waals surface area contributed by atoms with E-state index in [-0.39, 0.29) is 0 Å². The zero-order valence-electron chi connectivity index (χ0n) is 9.22. The Morgan fingerprint density at radius 3 is 3.06 bits per heavy atom. The van der Waals surface area contributed by atoms with Crippen LogP contribution in [-0.4, -0.2) is 31.2 Å². The molecule has 0 aromatic carbocycles. The molecule has 0 aliphatic heterocycles. The first-order chi connectivity index (χ1) is 7.72. The van der Waals surface area contributed by atoms with Crippen LogP contribution >= 0.6 is 23.4 Å². The minimum atomic E-state index is 0.470. The minimum Gasteiger partial charge on any atom is -0.283 e. The van der Waals surface area contributed by atoms with E-state index in [1.165, 1.54) is 0 Å². The Morgan fingerprint density at radius 2 is 2.31 bits per heavy atom. The van der Waals surface area contributed by atoms with Crippen molar-refractivity contribution in [2.24, 2.45) is 5.92 Å². The lowest BCUT2D eigenvalue weighted by atomic mass is 10.3. The number of nitrogens with zero attached hydrogens (tertiary/aromatic N) is 4. The summed E-state index contributed by atoms with van der Waals surface area (Å²) in [6, 6.07) is 0. The summed E-state index contributed by atoms with van der Waals surface area (Å²) in [5.74, 6) is 2.96. The molecule has 4 nitrogen and oxygen atoms in total. The molecular formula is C10H13ClN4S. The quantitative estimate of drug-likeness (QED) is 0.622. The van der Waals surface area contributed by atoms with Crippen LogP contribution in [0.4, 0.5) is 0 Å². The zero-order chi connectivity index (χ0) is 11.5. The van der Waals surface area contributed by atoms with Crippen molar-refractivity contribution in [1.29, 1.82) is 0 Å². The molecule has 0 spiro atoms. The van der Waals surface area contributed by atoms with Crippen molar-refractivity contribution in [3.05, 3.63) is 18.2 Å². The van der Waals surface area contributed by atoms with Gasteiger partial charge in [-0.15, -0.1) is 33.6 Å². The molecule has 6 heteroatoms. The smallest absolute Gasteiger partial charge is 0.193 e. The third-order valence-corrected chi connectivity index (χ3v) is 4.06. The van der Waals surface area contributed by atoms with Crippen LogP contribution in [0, 0.1) is 12.8 Å². The van der Waals surface area contributed by atoms with Crippen LogP contribution < -0.4 is 0 Å². The lowest BCUT2D eigenvalue weighted by Gasteiger charge is -2.06. The average Bonchev–Trinajstić information content (AvgIpc) is 2.69.